The summed E-state index contributed by atoms with van der Waals surface area (Å²) in [6.07, 6.45) is 3.91. The van der Waals surface area contributed by atoms with Crippen LogP contribution in [0.15, 0.2) is 23.7 Å². The third-order valence-electron chi connectivity index (χ3n) is 3.68. The van der Waals surface area contributed by atoms with Crippen molar-refractivity contribution in [2.45, 2.75) is 27.2 Å². The van der Waals surface area contributed by atoms with Gasteiger partial charge in [-0.15, -0.1) is 0 Å². The molecule has 0 aliphatic carbocycles. The Balaban J connectivity index is 2.48. The Bertz CT molecular complexity index is 416. The molecule has 21 heavy (non-hydrogen) atoms. The van der Waals surface area contributed by atoms with Gasteiger partial charge in [-0.25, -0.2) is 0 Å². The van der Waals surface area contributed by atoms with Crippen LogP contribution >= 0.6 is 0 Å². The second-order valence-corrected chi connectivity index (χ2v) is 6.44. The van der Waals surface area contributed by atoms with Crippen LogP contribution in [0.4, 0.5) is 0 Å². The number of carbonyl (C=O) groups is 1. The number of nitrogens with zero attached hydrogens (tertiary/aromatic N) is 2. The van der Waals surface area contributed by atoms with Gasteiger partial charge in [0.15, 0.2) is 0 Å². The van der Waals surface area contributed by atoms with E-state index in [-0.39, 0.29) is 11.8 Å². The first kappa shape index (κ1) is 17.4. The van der Waals surface area contributed by atoms with Gasteiger partial charge in [-0.2, -0.15) is 0 Å². The van der Waals surface area contributed by atoms with Crippen LogP contribution in [0, 0.1) is 5.41 Å². The molecule has 120 valence electrons. The molecule has 0 atom stereocenters. The third-order valence-corrected chi connectivity index (χ3v) is 3.68. The molecule has 0 spiro atoms. The Kier molecular flexibility index (Phi) is 6.08. The number of hydrogen-bond acceptors (Lipinski definition) is 5. The molecule has 1 heterocycles. The van der Waals surface area contributed by atoms with Crippen molar-refractivity contribution in [1.29, 1.82) is 0 Å². The van der Waals surface area contributed by atoms with Gasteiger partial charge < -0.3 is 21.5 Å². The Labute approximate surface area is 127 Å². The van der Waals surface area contributed by atoms with Crippen molar-refractivity contribution in [3.05, 3.63) is 23.7 Å². The molecular weight excluding hydrogens is 268 g/mol. The zero-order valence-electron chi connectivity index (χ0n) is 13.3. The molecule has 1 fully saturated rings. The zero-order chi connectivity index (χ0) is 16.0. The van der Waals surface area contributed by atoms with Gasteiger partial charge in [-0.3, -0.25) is 9.69 Å². The number of carboxylic acids is 1. The predicted molar refractivity (Wildman–Crippen MR) is 84.3 cm³/mol. The summed E-state index contributed by atoms with van der Waals surface area (Å²) in [5.74, 6) is -0.0419. The molecule has 0 aromatic heterocycles. The number of aliphatic carboxylic acids is 1. The lowest BCUT2D eigenvalue weighted by atomic mass is 9.92. The van der Waals surface area contributed by atoms with E-state index in [2.05, 4.69) is 30.6 Å². The van der Waals surface area contributed by atoms with Crippen molar-refractivity contribution < 1.29 is 9.90 Å². The van der Waals surface area contributed by atoms with E-state index in [1.807, 2.05) is 12.2 Å². The molecule has 1 aliphatic rings. The fourth-order valence-electron chi connectivity index (χ4n) is 2.01. The van der Waals surface area contributed by atoms with Crippen LogP contribution in [0.25, 0.3) is 0 Å². The van der Waals surface area contributed by atoms with Crippen molar-refractivity contribution >= 4 is 5.97 Å². The highest BCUT2D eigenvalue weighted by molar-refractivity contribution is 5.66. The minimum Gasteiger partial charge on any atom is -0.481 e. The van der Waals surface area contributed by atoms with E-state index in [1.54, 1.807) is 0 Å². The van der Waals surface area contributed by atoms with Crippen LogP contribution in [-0.2, 0) is 4.79 Å². The average molecular weight is 296 g/mol. The second kappa shape index (κ2) is 7.36. The quantitative estimate of drug-likeness (QED) is 0.649. The summed E-state index contributed by atoms with van der Waals surface area (Å²) in [6.45, 7) is 10.1. The lowest BCUT2D eigenvalue weighted by Gasteiger charge is -2.35. The highest BCUT2D eigenvalue weighted by Crippen LogP contribution is 2.20. The summed E-state index contributed by atoms with van der Waals surface area (Å²) >= 11 is 0. The molecule has 1 aliphatic heterocycles. The highest BCUT2D eigenvalue weighted by atomic mass is 16.4. The fourth-order valence-corrected chi connectivity index (χ4v) is 2.01. The number of nitrogens with two attached hydrogens (primary N) is 2. The van der Waals surface area contributed by atoms with Crippen LogP contribution in [0.2, 0.25) is 0 Å². The maximum Gasteiger partial charge on any atom is 0.304 e. The van der Waals surface area contributed by atoms with E-state index in [4.69, 9.17) is 16.6 Å². The van der Waals surface area contributed by atoms with Crippen molar-refractivity contribution in [1.82, 2.24) is 9.80 Å². The van der Waals surface area contributed by atoms with Gasteiger partial charge in [0.05, 0.1) is 12.2 Å². The Hall–Kier alpha value is -1.69. The van der Waals surface area contributed by atoms with Crippen molar-refractivity contribution in [2.75, 3.05) is 32.7 Å². The van der Waals surface area contributed by atoms with Crippen LogP contribution in [0.5, 0.6) is 0 Å². The van der Waals surface area contributed by atoms with E-state index < -0.39 is 5.97 Å². The Morgan fingerprint density at radius 2 is 1.71 bits per heavy atom. The molecule has 1 rings (SSSR count). The summed E-state index contributed by atoms with van der Waals surface area (Å²) in [5.41, 5.74) is 12.8. The molecule has 0 unspecified atom stereocenters. The lowest BCUT2D eigenvalue weighted by molar-refractivity contribution is -0.137. The molecule has 5 N–H and O–H groups in total. The molecule has 6 nitrogen and oxygen atoms in total. The highest BCUT2D eigenvalue weighted by Gasteiger charge is 2.18. The summed E-state index contributed by atoms with van der Waals surface area (Å²) in [4.78, 5) is 14.8. The van der Waals surface area contributed by atoms with Gasteiger partial charge in [0, 0.05) is 43.8 Å². The minimum absolute atomic E-state index is 0.0632. The van der Waals surface area contributed by atoms with Crippen molar-refractivity contribution in [3.8, 4) is 0 Å². The number of rotatable bonds is 5. The van der Waals surface area contributed by atoms with E-state index in [9.17, 15) is 4.79 Å². The first-order valence-electron chi connectivity index (χ1n) is 7.32. The smallest absolute Gasteiger partial charge is 0.304 e. The number of piperazine rings is 1. The lowest BCUT2D eigenvalue weighted by Crippen LogP contribution is -2.47. The monoisotopic (exact) mass is 296 g/mol. The van der Waals surface area contributed by atoms with Crippen molar-refractivity contribution in [3.63, 3.8) is 0 Å². The van der Waals surface area contributed by atoms with E-state index in [1.165, 1.54) is 0 Å². The van der Waals surface area contributed by atoms with Crippen LogP contribution in [0.1, 0.15) is 27.2 Å². The van der Waals surface area contributed by atoms with Gasteiger partial charge in [0.2, 0.25) is 0 Å². The third kappa shape index (κ3) is 6.08. The summed E-state index contributed by atoms with van der Waals surface area (Å²) in [5, 5.41) is 8.69. The SMILES string of the molecule is CC(C)(C)/C(N)=C/C=C(\N)N1CCN(CCC(=O)O)CC1. The first-order valence-corrected chi connectivity index (χ1v) is 7.32. The number of carboxylic acid groups (broad SMARTS) is 1. The molecule has 0 radical (unpaired) electrons. The Morgan fingerprint density at radius 3 is 2.19 bits per heavy atom. The maximum atomic E-state index is 10.6. The molecule has 6 heteroatoms. The fraction of sp³-hybridized carbons (Fsp3) is 0.667. The van der Waals surface area contributed by atoms with Gasteiger partial charge in [-0.05, 0) is 12.2 Å². The predicted octanol–water partition coefficient (Wildman–Crippen LogP) is 0.768. The standard InChI is InChI=1S/C15H28N4O2/c1-15(2,3)12(16)4-5-13(17)19-10-8-18(9-11-19)7-6-14(20)21/h4-5H,6-11,16-17H2,1-3H3,(H,20,21)/b12-4-,13-5+. The molecule has 0 aromatic carbocycles. The van der Waals surface area contributed by atoms with Gasteiger partial charge in [-0.1, -0.05) is 20.8 Å². The topological polar surface area (TPSA) is 95.8 Å². The molecular formula is C15H28N4O2. The maximum absolute atomic E-state index is 10.6. The molecule has 1 saturated heterocycles. The van der Waals surface area contributed by atoms with Crippen LogP contribution < -0.4 is 11.5 Å². The number of allylic oxidation sites excluding steroid dienone is 3. The van der Waals surface area contributed by atoms with Gasteiger partial charge >= 0.3 is 5.97 Å². The minimum atomic E-state index is -0.750. The number of hydrogen-bond donors (Lipinski definition) is 3. The normalized spacial score (nSPS) is 18.9. The summed E-state index contributed by atoms with van der Waals surface area (Å²) < 4.78 is 0. The van der Waals surface area contributed by atoms with E-state index in [0.29, 0.717) is 12.4 Å². The largest absolute Gasteiger partial charge is 0.481 e. The van der Waals surface area contributed by atoms with Crippen LogP contribution in [0.3, 0.4) is 0 Å². The van der Waals surface area contributed by atoms with Gasteiger partial charge in [0.1, 0.15) is 0 Å². The molecule has 0 aromatic rings. The first-order chi connectivity index (χ1) is 9.70. The van der Waals surface area contributed by atoms with Crippen LogP contribution in [-0.4, -0.2) is 53.6 Å². The second-order valence-electron chi connectivity index (χ2n) is 6.44. The summed E-state index contributed by atoms with van der Waals surface area (Å²) in [6, 6.07) is 0. The van der Waals surface area contributed by atoms with E-state index in [0.717, 1.165) is 31.9 Å². The molecule has 0 saturated carbocycles. The van der Waals surface area contributed by atoms with Crippen molar-refractivity contribution in [2.24, 2.45) is 16.9 Å². The summed E-state index contributed by atoms with van der Waals surface area (Å²) in [7, 11) is 0. The average Bonchev–Trinajstić information content (AvgIpc) is 2.41. The zero-order valence-corrected chi connectivity index (χ0v) is 13.3. The molecule has 0 bridgehead atoms. The van der Waals surface area contributed by atoms with E-state index >= 15 is 0 Å². The van der Waals surface area contributed by atoms with Gasteiger partial charge in [0.25, 0.3) is 0 Å². The molecule has 0 amide bonds. The Morgan fingerprint density at radius 1 is 1.14 bits per heavy atom.